The maximum absolute atomic E-state index is 12.1. The lowest BCUT2D eigenvalue weighted by Crippen LogP contribution is -2.33. The third-order valence-electron chi connectivity index (χ3n) is 2.44. The molecule has 1 N–H and O–H groups in total. The van der Waals surface area contributed by atoms with E-state index in [9.17, 15) is 14.9 Å². The number of nitro benzene ring substituents is 1. The van der Waals surface area contributed by atoms with Crippen LogP contribution in [0.4, 0.5) is 5.69 Å². The van der Waals surface area contributed by atoms with Gasteiger partial charge >= 0.3 is 0 Å². The van der Waals surface area contributed by atoms with Crippen LogP contribution in [0.15, 0.2) is 18.2 Å². The fourth-order valence-corrected chi connectivity index (χ4v) is 1.81. The van der Waals surface area contributed by atoms with Gasteiger partial charge in [-0.2, -0.15) is 0 Å². The molecule has 98 valence electrons. The number of likely N-dealkylation sites (N-methyl/N-ethyl adjacent to an activating group) is 1. The van der Waals surface area contributed by atoms with E-state index in [2.05, 4.69) is 0 Å². The number of halogens is 1. The number of nitro groups is 1. The molecule has 1 aromatic carbocycles. The molecule has 1 aromatic rings. The molecule has 0 radical (unpaired) electrons. The Balaban J connectivity index is 3.22. The Labute approximate surface area is 109 Å². The maximum atomic E-state index is 12.1. The third-order valence-corrected chi connectivity index (χ3v) is 2.76. The molecule has 7 heteroatoms. The molecule has 0 atom stereocenters. The zero-order valence-corrected chi connectivity index (χ0v) is 10.6. The minimum Gasteiger partial charge on any atom is -0.395 e. The highest BCUT2D eigenvalue weighted by Crippen LogP contribution is 2.27. The Morgan fingerprint density at radius 1 is 1.56 bits per heavy atom. The summed E-state index contributed by atoms with van der Waals surface area (Å²) in [6, 6.07) is 4.07. The van der Waals surface area contributed by atoms with Crippen LogP contribution in [-0.2, 0) is 0 Å². The van der Waals surface area contributed by atoms with E-state index in [1.165, 1.54) is 23.1 Å². The van der Waals surface area contributed by atoms with Crippen molar-refractivity contribution in [1.82, 2.24) is 4.90 Å². The van der Waals surface area contributed by atoms with Gasteiger partial charge in [0.2, 0.25) is 0 Å². The van der Waals surface area contributed by atoms with Gasteiger partial charge in [0.05, 0.1) is 16.6 Å². The van der Waals surface area contributed by atoms with Crippen LogP contribution in [-0.4, -0.2) is 40.5 Å². The maximum Gasteiger partial charge on any atom is 0.283 e. The van der Waals surface area contributed by atoms with Gasteiger partial charge in [0.1, 0.15) is 5.56 Å². The second-order valence-corrected chi connectivity index (χ2v) is 3.91. The Bertz CT molecular complexity index is 464. The third kappa shape index (κ3) is 2.96. The first-order valence-corrected chi connectivity index (χ1v) is 5.73. The molecule has 1 amide bonds. The van der Waals surface area contributed by atoms with Crippen molar-refractivity contribution in [2.24, 2.45) is 0 Å². The van der Waals surface area contributed by atoms with Crippen LogP contribution in [0, 0.1) is 10.1 Å². The van der Waals surface area contributed by atoms with E-state index >= 15 is 0 Å². The predicted molar refractivity (Wildman–Crippen MR) is 66.8 cm³/mol. The molecule has 0 aliphatic heterocycles. The minimum absolute atomic E-state index is 0.0330. The molecule has 0 fully saturated rings. The number of aliphatic hydroxyl groups excluding tert-OH is 1. The van der Waals surface area contributed by atoms with E-state index in [1.807, 2.05) is 0 Å². The van der Waals surface area contributed by atoms with E-state index in [1.54, 1.807) is 6.92 Å². The van der Waals surface area contributed by atoms with Crippen molar-refractivity contribution in [2.45, 2.75) is 6.92 Å². The average molecular weight is 273 g/mol. The van der Waals surface area contributed by atoms with Gasteiger partial charge in [-0.15, -0.1) is 0 Å². The summed E-state index contributed by atoms with van der Waals surface area (Å²) in [6.45, 7) is 1.95. The van der Waals surface area contributed by atoms with Crippen LogP contribution >= 0.6 is 11.6 Å². The fraction of sp³-hybridized carbons (Fsp3) is 0.364. The molecule has 1 rings (SSSR count). The van der Waals surface area contributed by atoms with Crippen LogP contribution in [0.2, 0.25) is 5.02 Å². The topological polar surface area (TPSA) is 83.7 Å². The quantitative estimate of drug-likeness (QED) is 0.653. The van der Waals surface area contributed by atoms with Crippen LogP contribution in [0.3, 0.4) is 0 Å². The van der Waals surface area contributed by atoms with Crippen LogP contribution < -0.4 is 0 Å². The number of rotatable bonds is 5. The Kier molecular flexibility index (Phi) is 5.06. The zero-order valence-electron chi connectivity index (χ0n) is 9.80. The van der Waals surface area contributed by atoms with E-state index in [0.717, 1.165) is 0 Å². The first kappa shape index (κ1) is 14.4. The van der Waals surface area contributed by atoms with Gasteiger partial charge in [0.25, 0.3) is 11.6 Å². The predicted octanol–water partition coefficient (Wildman–Crippen LogP) is 1.70. The molecule has 0 aromatic heterocycles. The molecule has 18 heavy (non-hydrogen) atoms. The minimum atomic E-state index is -0.647. The highest BCUT2D eigenvalue weighted by molar-refractivity contribution is 6.34. The lowest BCUT2D eigenvalue weighted by atomic mass is 10.1. The van der Waals surface area contributed by atoms with Crippen LogP contribution in [0.1, 0.15) is 17.3 Å². The van der Waals surface area contributed by atoms with Gasteiger partial charge in [0, 0.05) is 19.2 Å². The van der Waals surface area contributed by atoms with E-state index in [4.69, 9.17) is 16.7 Å². The van der Waals surface area contributed by atoms with Gasteiger partial charge in [-0.1, -0.05) is 17.7 Å². The van der Waals surface area contributed by atoms with Crippen molar-refractivity contribution in [3.05, 3.63) is 38.9 Å². The number of hydrogen-bond donors (Lipinski definition) is 1. The van der Waals surface area contributed by atoms with E-state index < -0.39 is 10.8 Å². The van der Waals surface area contributed by atoms with E-state index in [-0.39, 0.29) is 29.4 Å². The molecule has 6 nitrogen and oxygen atoms in total. The normalized spacial score (nSPS) is 10.2. The first-order valence-electron chi connectivity index (χ1n) is 5.36. The number of aliphatic hydroxyl groups is 1. The van der Waals surface area contributed by atoms with Gasteiger partial charge in [-0.05, 0) is 13.0 Å². The van der Waals surface area contributed by atoms with Crippen molar-refractivity contribution < 1.29 is 14.8 Å². The van der Waals surface area contributed by atoms with Crippen molar-refractivity contribution >= 4 is 23.2 Å². The molecule has 0 saturated carbocycles. The summed E-state index contributed by atoms with van der Waals surface area (Å²) in [5.74, 6) is -0.552. The Hall–Kier alpha value is -1.66. The molecular formula is C11H13ClN2O4. The Morgan fingerprint density at radius 2 is 2.22 bits per heavy atom. The number of carbonyl (C=O) groups is 1. The molecule has 0 heterocycles. The van der Waals surface area contributed by atoms with Crippen molar-refractivity contribution in [3.63, 3.8) is 0 Å². The standard InChI is InChI=1S/C11H13ClN2O4/c1-2-13(6-7-15)11(16)10-8(12)4-3-5-9(10)14(17)18/h3-5,15H,2,6-7H2,1H3. The molecule has 0 saturated heterocycles. The molecule has 0 aliphatic rings. The molecule has 0 bridgehead atoms. The second kappa shape index (κ2) is 6.32. The highest BCUT2D eigenvalue weighted by atomic mass is 35.5. The largest absolute Gasteiger partial charge is 0.395 e. The monoisotopic (exact) mass is 272 g/mol. The number of amides is 1. The fourth-order valence-electron chi connectivity index (χ4n) is 1.56. The smallest absolute Gasteiger partial charge is 0.283 e. The number of nitrogens with zero attached hydrogens (tertiary/aromatic N) is 2. The van der Waals surface area contributed by atoms with Gasteiger partial charge in [-0.25, -0.2) is 0 Å². The summed E-state index contributed by atoms with van der Waals surface area (Å²) in [4.78, 5) is 23.7. The Morgan fingerprint density at radius 3 is 2.72 bits per heavy atom. The molecule has 0 aliphatic carbocycles. The molecule has 0 unspecified atom stereocenters. The summed E-state index contributed by atoms with van der Waals surface area (Å²) in [5.41, 5.74) is -0.469. The molecular weight excluding hydrogens is 260 g/mol. The van der Waals surface area contributed by atoms with Gasteiger partial charge in [-0.3, -0.25) is 14.9 Å². The second-order valence-electron chi connectivity index (χ2n) is 3.50. The van der Waals surface area contributed by atoms with Crippen molar-refractivity contribution in [2.75, 3.05) is 19.7 Å². The zero-order chi connectivity index (χ0) is 13.7. The first-order chi connectivity index (χ1) is 8.52. The average Bonchev–Trinajstić information content (AvgIpc) is 2.34. The number of hydrogen-bond acceptors (Lipinski definition) is 4. The SMILES string of the molecule is CCN(CCO)C(=O)c1c(Cl)cccc1[N+](=O)[O-]. The number of carbonyl (C=O) groups excluding carboxylic acids is 1. The summed E-state index contributed by atoms with van der Waals surface area (Å²) in [5, 5.41) is 19.8. The number of benzene rings is 1. The summed E-state index contributed by atoms with van der Waals surface area (Å²) >= 11 is 5.86. The van der Waals surface area contributed by atoms with Gasteiger partial charge < -0.3 is 10.0 Å². The lowest BCUT2D eigenvalue weighted by Gasteiger charge is -2.20. The van der Waals surface area contributed by atoms with Gasteiger partial charge in [0.15, 0.2) is 0 Å². The van der Waals surface area contributed by atoms with Crippen LogP contribution in [0.5, 0.6) is 0 Å². The summed E-state index contributed by atoms with van der Waals surface area (Å²) in [7, 11) is 0. The summed E-state index contributed by atoms with van der Waals surface area (Å²) in [6.07, 6.45) is 0. The molecule has 0 spiro atoms. The highest BCUT2D eigenvalue weighted by Gasteiger charge is 2.26. The van der Waals surface area contributed by atoms with Crippen molar-refractivity contribution in [1.29, 1.82) is 0 Å². The van der Waals surface area contributed by atoms with Crippen molar-refractivity contribution in [3.8, 4) is 0 Å². The van der Waals surface area contributed by atoms with E-state index in [0.29, 0.717) is 6.54 Å². The van der Waals surface area contributed by atoms with Crippen LogP contribution in [0.25, 0.3) is 0 Å². The summed E-state index contributed by atoms with van der Waals surface area (Å²) < 4.78 is 0. The lowest BCUT2D eigenvalue weighted by molar-refractivity contribution is -0.385.